The van der Waals surface area contributed by atoms with Crippen LogP contribution in [0.25, 0.3) is 22.0 Å². The summed E-state index contributed by atoms with van der Waals surface area (Å²) in [5.74, 6) is -0.533. The van der Waals surface area contributed by atoms with Crippen LogP contribution in [0.15, 0.2) is 79.0 Å². The van der Waals surface area contributed by atoms with E-state index >= 15 is 0 Å². The predicted octanol–water partition coefficient (Wildman–Crippen LogP) is 5.18. The van der Waals surface area contributed by atoms with E-state index in [0.717, 1.165) is 38.7 Å². The van der Waals surface area contributed by atoms with Gasteiger partial charge in [0, 0.05) is 29.4 Å². The molecule has 0 aliphatic heterocycles. The number of para-hydroxylation sites is 1. The number of carbonyl (C=O) groups excluding carboxylic acids is 2. The van der Waals surface area contributed by atoms with E-state index in [2.05, 4.69) is 34.6 Å². The largest absolute Gasteiger partial charge is 0.464 e. The van der Waals surface area contributed by atoms with E-state index in [9.17, 15) is 9.59 Å². The van der Waals surface area contributed by atoms with Crippen molar-refractivity contribution in [3.63, 3.8) is 0 Å². The summed E-state index contributed by atoms with van der Waals surface area (Å²) in [6.07, 6.45) is 1.52. The van der Waals surface area contributed by atoms with Gasteiger partial charge in [0.05, 0.1) is 6.61 Å². The average Bonchev–Trinajstić information content (AvgIpc) is 3.41. The number of H-pyrrole nitrogens is 1. The van der Waals surface area contributed by atoms with Gasteiger partial charge in [0.25, 0.3) is 0 Å². The molecular formula is C28H26N2O4. The third-order valence-corrected chi connectivity index (χ3v) is 6.31. The van der Waals surface area contributed by atoms with Crippen LogP contribution in [-0.2, 0) is 20.7 Å². The Hall–Kier alpha value is -4.06. The third-order valence-electron chi connectivity index (χ3n) is 6.31. The van der Waals surface area contributed by atoms with Gasteiger partial charge < -0.3 is 19.8 Å². The maximum Gasteiger partial charge on any atom is 0.407 e. The Labute approximate surface area is 197 Å². The zero-order chi connectivity index (χ0) is 23.5. The summed E-state index contributed by atoms with van der Waals surface area (Å²) in [7, 11) is 0. The fourth-order valence-corrected chi connectivity index (χ4v) is 4.74. The predicted molar refractivity (Wildman–Crippen MR) is 131 cm³/mol. The van der Waals surface area contributed by atoms with Gasteiger partial charge in [0.1, 0.15) is 12.6 Å². The molecule has 1 atom stereocenters. The van der Waals surface area contributed by atoms with Crippen molar-refractivity contribution in [3.05, 3.63) is 95.7 Å². The molecule has 2 N–H and O–H groups in total. The summed E-state index contributed by atoms with van der Waals surface area (Å²) in [6.45, 7) is 2.16. The summed E-state index contributed by atoms with van der Waals surface area (Å²) >= 11 is 0. The third kappa shape index (κ3) is 4.15. The van der Waals surface area contributed by atoms with Crippen molar-refractivity contribution in [2.24, 2.45) is 0 Å². The minimum atomic E-state index is -0.852. The molecule has 5 rings (SSSR count). The molecule has 3 aromatic carbocycles. The normalized spacial score (nSPS) is 13.2. The minimum absolute atomic E-state index is 0.0483. The second kappa shape index (κ2) is 9.43. The van der Waals surface area contributed by atoms with Gasteiger partial charge in [-0.1, -0.05) is 66.7 Å². The van der Waals surface area contributed by atoms with Crippen LogP contribution in [0.4, 0.5) is 4.79 Å². The number of aromatic nitrogens is 1. The average molecular weight is 455 g/mol. The zero-order valence-corrected chi connectivity index (χ0v) is 18.9. The second-order valence-corrected chi connectivity index (χ2v) is 8.34. The fraction of sp³-hybridized carbons (Fsp3) is 0.214. The lowest BCUT2D eigenvalue weighted by Crippen LogP contribution is -2.44. The van der Waals surface area contributed by atoms with Crippen LogP contribution in [0.5, 0.6) is 0 Å². The van der Waals surface area contributed by atoms with Crippen molar-refractivity contribution >= 4 is 23.0 Å². The molecule has 0 bridgehead atoms. The van der Waals surface area contributed by atoms with Crippen molar-refractivity contribution in [1.82, 2.24) is 10.3 Å². The number of hydrogen-bond donors (Lipinski definition) is 2. The first kappa shape index (κ1) is 21.8. The smallest absolute Gasteiger partial charge is 0.407 e. The molecule has 0 radical (unpaired) electrons. The Morgan fingerprint density at radius 3 is 2.26 bits per heavy atom. The Balaban J connectivity index is 1.30. The first-order valence-corrected chi connectivity index (χ1v) is 11.5. The maximum absolute atomic E-state index is 12.8. The van der Waals surface area contributed by atoms with Crippen molar-refractivity contribution in [3.8, 4) is 11.1 Å². The second-order valence-electron chi connectivity index (χ2n) is 8.34. The number of ether oxygens (including phenoxy) is 2. The fourth-order valence-electron chi connectivity index (χ4n) is 4.74. The lowest BCUT2D eigenvalue weighted by atomic mass is 9.98. The van der Waals surface area contributed by atoms with Crippen molar-refractivity contribution < 1.29 is 19.1 Å². The van der Waals surface area contributed by atoms with Crippen LogP contribution in [-0.4, -0.2) is 36.3 Å². The number of esters is 1. The molecule has 0 saturated heterocycles. The highest BCUT2D eigenvalue weighted by Gasteiger charge is 2.30. The van der Waals surface area contributed by atoms with E-state index in [1.807, 2.05) is 54.7 Å². The molecule has 1 aliphatic rings. The molecule has 0 fully saturated rings. The van der Waals surface area contributed by atoms with Gasteiger partial charge in [0.2, 0.25) is 0 Å². The number of benzene rings is 3. The zero-order valence-electron chi connectivity index (χ0n) is 18.9. The Kier molecular flexibility index (Phi) is 6.04. The lowest BCUT2D eigenvalue weighted by molar-refractivity contribution is -0.145. The number of hydrogen-bond acceptors (Lipinski definition) is 4. The van der Waals surface area contributed by atoms with E-state index in [1.165, 1.54) is 0 Å². The van der Waals surface area contributed by atoms with E-state index in [-0.39, 0.29) is 19.1 Å². The molecule has 1 amide bonds. The topological polar surface area (TPSA) is 80.4 Å². The lowest BCUT2D eigenvalue weighted by Gasteiger charge is -2.19. The number of aromatic amines is 1. The minimum Gasteiger partial charge on any atom is -0.464 e. The molecule has 6 nitrogen and oxygen atoms in total. The SMILES string of the molecule is CCOC(=O)[C@@H](Cc1c[nH]c2ccccc12)NC(=O)OCC1c2ccccc2-c2ccccc21. The van der Waals surface area contributed by atoms with Crippen molar-refractivity contribution in [2.75, 3.05) is 13.2 Å². The molecule has 0 unspecified atom stereocenters. The maximum atomic E-state index is 12.8. The van der Waals surface area contributed by atoms with E-state index in [0.29, 0.717) is 6.42 Å². The van der Waals surface area contributed by atoms with Crippen LogP contribution < -0.4 is 5.32 Å². The van der Waals surface area contributed by atoms with Crippen LogP contribution in [0.3, 0.4) is 0 Å². The van der Waals surface area contributed by atoms with Gasteiger partial charge in [-0.05, 0) is 40.8 Å². The quantitative estimate of drug-likeness (QED) is 0.377. The van der Waals surface area contributed by atoms with Gasteiger partial charge in [0.15, 0.2) is 0 Å². The monoisotopic (exact) mass is 454 g/mol. The number of amides is 1. The Morgan fingerprint density at radius 2 is 1.56 bits per heavy atom. The molecule has 1 aliphatic carbocycles. The molecule has 0 saturated carbocycles. The van der Waals surface area contributed by atoms with Crippen molar-refractivity contribution in [2.45, 2.75) is 25.3 Å². The summed E-state index contributed by atoms with van der Waals surface area (Å²) in [4.78, 5) is 28.6. The molecule has 0 spiro atoms. The van der Waals surface area contributed by atoms with Crippen LogP contribution in [0.1, 0.15) is 29.5 Å². The van der Waals surface area contributed by atoms with E-state index in [1.54, 1.807) is 6.92 Å². The molecule has 1 heterocycles. The van der Waals surface area contributed by atoms with Gasteiger partial charge >= 0.3 is 12.1 Å². The van der Waals surface area contributed by atoms with Gasteiger partial charge in [-0.15, -0.1) is 0 Å². The number of alkyl carbamates (subject to hydrolysis) is 1. The van der Waals surface area contributed by atoms with Crippen LogP contribution >= 0.6 is 0 Å². The molecule has 172 valence electrons. The first-order chi connectivity index (χ1) is 16.7. The summed E-state index contributed by atoms with van der Waals surface area (Å²) < 4.78 is 10.9. The first-order valence-electron chi connectivity index (χ1n) is 11.5. The van der Waals surface area contributed by atoms with E-state index < -0.39 is 18.1 Å². The number of nitrogens with one attached hydrogen (secondary N) is 2. The highest BCUT2D eigenvalue weighted by molar-refractivity contribution is 5.86. The molecule has 4 aromatic rings. The number of carbonyl (C=O) groups is 2. The van der Waals surface area contributed by atoms with Gasteiger partial charge in [-0.2, -0.15) is 0 Å². The number of rotatable bonds is 7. The molecular weight excluding hydrogens is 428 g/mol. The standard InChI is InChI=1S/C28H26N2O4/c1-2-33-27(31)26(15-18-16-29-25-14-8-7-9-19(18)25)30-28(32)34-17-24-22-12-5-3-10-20(22)21-11-4-6-13-23(21)24/h3-14,16,24,26,29H,2,15,17H2,1H3,(H,30,32)/t26-/m1/s1. The summed E-state index contributed by atoms with van der Waals surface area (Å²) in [5, 5.41) is 3.73. The highest BCUT2D eigenvalue weighted by atomic mass is 16.6. The Morgan fingerprint density at radius 1 is 0.912 bits per heavy atom. The number of fused-ring (bicyclic) bond motifs is 4. The summed E-state index contributed by atoms with van der Waals surface area (Å²) in [6, 6.07) is 23.3. The highest BCUT2D eigenvalue weighted by Crippen LogP contribution is 2.44. The van der Waals surface area contributed by atoms with Crippen LogP contribution in [0.2, 0.25) is 0 Å². The van der Waals surface area contributed by atoms with Gasteiger partial charge in [-0.3, -0.25) is 0 Å². The summed E-state index contributed by atoms with van der Waals surface area (Å²) in [5.41, 5.74) is 6.50. The van der Waals surface area contributed by atoms with Crippen molar-refractivity contribution in [1.29, 1.82) is 0 Å². The molecule has 1 aromatic heterocycles. The molecule has 34 heavy (non-hydrogen) atoms. The van der Waals surface area contributed by atoms with Gasteiger partial charge in [-0.25, -0.2) is 9.59 Å². The van der Waals surface area contributed by atoms with E-state index in [4.69, 9.17) is 9.47 Å². The molecule has 6 heteroatoms. The van der Waals surface area contributed by atoms with Crippen LogP contribution in [0, 0.1) is 0 Å². The Bertz CT molecular complexity index is 1300.